The number of carbonyl (C=O) groups excluding carboxylic acids is 3. The number of nitrogens with zero attached hydrogens (tertiary/aromatic N) is 1. The molecule has 1 fully saturated rings. The molecular formula is C20H38N4O4. The van der Waals surface area contributed by atoms with Gasteiger partial charge in [0.2, 0.25) is 11.8 Å². The van der Waals surface area contributed by atoms with Crippen LogP contribution in [-0.2, 0) is 19.1 Å². The molecule has 0 bridgehead atoms. The second kappa shape index (κ2) is 12.7. The van der Waals surface area contributed by atoms with Crippen molar-refractivity contribution in [2.45, 2.75) is 77.4 Å². The maximum absolute atomic E-state index is 12.8. The van der Waals surface area contributed by atoms with Crippen molar-refractivity contribution < 1.29 is 19.1 Å². The topological polar surface area (TPSA) is 114 Å². The van der Waals surface area contributed by atoms with Gasteiger partial charge < -0.3 is 26.0 Å². The molecule has 0 aliphatic carbocycles. The Morgan fingerprint density at radius 2 is 1.96 bits per heavy atom. The molecule has 162 valence electrons. The quantitative estimate of drug-likeness (QED) is 0.331. The number of hydrogen-bond acceptors (Lipinski definition) is 6. The summed E-state index contributed by atoms with van der Waals surface area (Å²) in [4.78, 5) is 39.1. The van der Waals surface area contributed by atoms with Crippen molar-refractivity contribution in [3.05, 3.63) is 0 Å². The maximum atomic E-state index is 12.8. The Kier molecular flexibility index (Phi) is 11.1. The van der Waals surface area contributed by atoms with E-state index < -0.39 is 24.1 Å². The van der Waals surface area contributed by atoms with Gasteiger partial charge >= 0.3 is 5.97 Å². The van der Waals surface area contributed by atoms with Crippen molar-refractivity contribution in [3.63, 3.8) is 0 Å². The Balaban J connectivity index is 2.66. The molecule has 1 rings (SSSR count). The zero-order valence-corrected chi connectivity index (χ0v) is 17.8. The number of rotatable bonds is 12. The fourth-order valence-corrected chi connectivity index (χ4v) is 3.56. The van der Waals surface area contributed by atoms with Gasteiger partial charge in [-0.3, -0.25) is 9.59 Å². The number of nitrogens with one attached hydrogen (secondary N) is 2. The zero-order chi connectivity index (χ0) is 21.1. The summed E-state index contributed by atoms with van der Waals surface area (Å²) in [5.41, 5.74) is 6.03. The summed E-state index contributed by atoms with van der Waals surface area (Å²) in [6, 6.07) is -1.86. The van der Waals surface area contributed by atoms with Gasteiger partial charge in [0.1, 0.15) is 12.1 Å². The molecule has 1 aliphatic heterocycles. The number of ether oxygens (including phenoxy) is 1. The lowest BCUT2D eigenvalue weighted by Crippen LogP contribution is -2.54. The monoisotopic (exact) mass is 398 g/mol. The van der Waals surface area contributed by atoms with Crippen LogP contribution >= 0.6 is 0 Å². The summed E-state index contributed by atoms with van der Waals surface area (Å²) < 4.78 is 4.84. The summed E-state index contributed by atoms with van der Waals surface area (Å²) in [5.74, 6) is -0.639. The molecule has 0 saturated carbocycles. The second-order valence-corrected chi connectivity index (χ2v) is 7.86. The number of carbonyl (C=O) groups is 3. The van der Waals surface area contributed by atoms with E-state index in [1.54, 1.807) is 4.90 Å². The molecule has 3 atom stereocenters. The van der Waals surface area contributed by atoms with E-state index in [2.05, 4.69) is 10.6 Å². The van der Waals surface area contributed by atoms with Gasteiger partial charge in [-0.15, -0.1) is 0 Å². The fraction of sp³-hybridized carbons (Fsp3) is 0.850. The largest absolute Gasteiger partial charge is 0.467 e. The molecule has 0 unspecified atom stereocenters. The standard InChI is InChI=1S/C20H38N4O4/c1-5-22-11-7-6-9-16(20(27)28-4)23-18(25)17-10-8-12-24(17)19(26)15(21)13-14(2)3/h14-17,22H,5-13,21H2,1-4H3,(H,23,25)/t15-,16-,17-/m0/s1. The molecule has 0 spiro atoms. The highest BCUT2D eigenvalue weighted by Gasteiger charge is 2.37. The van der Waals surface area contributed by atoms with E-state index in [0.29, 0.717) is 31.7 Å². The van der Waals surface area contributed by atoms with Gasteiger partial charge in [-0.05, 0) is 57.5 Å². The van der Waals surface area contributed by atoms with Crippen molar-refractivity contribution in [1.29, 1.82) is 0 Å². The summed E-state index contributed by atoms with van der Waals surface area (Å²) >= 11 is 0. The van der Waals surface area contributed by atoms with Crippen LogP contribution in [0.25, 0.3) is 0 Å². The first-order chi connectivity index (χ1) is 13.3. The summed E-state index contributed by atoms with van der Waals surface area (Å²) in [6.45, 7) is 8.36. The minimum atomic E-state index is -0.694. The predicted octanol–water partition coefficient (Wildman–Crippen LogP) is 0.788. The lowest BCUT2D eigenvalue weighted by Gasteiger charge is -2.28. The molecular weight excluding hydrogens is 360 g/mol. The van der Waals surface area contributed by atoms with Crippen LogP contribution in [0.1, 0.15) is 59.3 Å². The Morgan fingerprint density at radius 1 is 1.25 bits per heavy atom. The van der Waals surface area contributed by atoms with Crippen LogP contribution in [0.4, 0.5) is 0 Å². The van der Waals surface area contributed by atoms with E-state index in [-0.39, 0.29) is 11.8 Å². The van der Waals surface area contributed by atoms with E-state index in [4.69, 9.17) is 10.5 Å². The normalized spacial score (nSPS) is 18.8. The van der Waals surface area contributed by atoms with Gasteiger partial charge in [-0.1, -0.05) is 20.8 Å². The van der Waals surface area contributed by atoms with E-state index >= 15 is 0 Å². The molecule has 1 saturated heterocycles. The van der Waals surface area contributed by atoms with Gasteiger partial charge in [0, 0.05) is 6.54 Å². The lowest BCUT2D eigenvalue weighted by atomic mass is 10.0. The van der Waals surface area contributed by atoms with E-state index in [0.717, 1.165) is 32.4 Å². The third kappa shape index (κ3) is 7.75. The molecule has 1 aliphatic rings. The first-order valence-corrected chi connectivity index (χ1v) is 10.5. The molecule has 0 aromatic heterocycles. The Hall–Kier alpha value is -1.67. The maximum Gasteiger partial charge on any atom is 0.328 e. The van der Waals surface area contributed by atoms with Crippen molar-refractivity contribution in [1.82, 2.24) is 15.5 Å². The number of likely N-dealkylation sites (tertiary alicyclic amines) is 1. The van der Waals surface area contributed by atoms with Gasteiger partial charge in [-0.25, -0.2) is 4.79 Å². The molecule has 0 radical (unpaired) electrons. The minimum absolute atomic E-state index is 0.188. The highest BCUT2D eigenvalue weighted by Crippen LogP contribution is 2.20. The molecule has 1 heterocycles. The van der Waals surface area contributed by atoms with Crippen molar-refractivity contribution >= 4 is 17.8 Å². The highest BCUT2D eigenvalue weighted by atomic mass is 16.5. The third-order valence-electron chi connectivity index (χ3n) is 5.03. The van der Waals surface area contributed by atoms with Crippen molar-refractivity contribution in [2.24, 2.45) is 11.7 Å². The van der Waals surface area contributed by atoms with Crippen LogP contribution in [0.2, 0.25) is 0 Å². The van der Waals surface area contributed by atoms with E-state index in [1.165, 1.54) is 7.11 Å². The van der Waals surface area contributed by atoms with E-state index in [9.17, 15) is 14.4 Å². The highest BCUT2D eigenvalue weighted by molar-refractivity contribution is 5.92. The zero-order valence-electron chi connectivity index (χ0n) is 17.8. The number of methoxy groups -OCH3 is 1. The number of nitrogens with two attached hydrogens (primary N) is 1. The van der Waals surface area contributed by atoms with Gasteiger partial charge in [0.25, 0.3) is 0 Å². The molecule has 4 N–H and O–H groups in total. The Morgan fingerprint density at radius 3 is 2.57 bits per heavy atom. The average Bonchev–Trinajstić information content (AvgIpc) is 3.14. The molecule has 0 aromatic carbocycles. The van der Waals surface area contributed by atoms with Gasteiger partial charge in [0.15, 0.2) is 0 Å². The summed E-state index contributed by atoms with van der Waals surface area (Å²) in [5, 5.41) is 6.03. The first-order valence-electron chi connectivity index (χ1n) is 10.5. The molecule has 0 aromatic rings. The van der Waals surface area contributed by atoms with Crippen LogP contribution < -0.4 is 16.4 Å². The summed E-state index contributed by atoms with van der Waals surface area (Å²) in [6.07, 6.45) is 4.14. The van der Waals surface area contributed by atoms with Crippen LogP contribution in [0.15, 0.2) is 0 Å². The Bertz CT molecular complexity index is 512. The number of esters is 1. The summed E-state index contributed by atoms with van der Waals surface area (Å²) in [7, 11) is 1.32. The van der Waals surface area contributed by atoms with Crippen LogP contribution in [0.3, 0.4) is 0 Å². The van der Waals surface area contributed by atoms with Crippen LogP contribution in [0, 0.1) is 5.92 Å². The van der Waals surface area contributed by atoms with Gasteiger partial charge in [0.05, 0.1) is 13.2 Å². The van der Waals surface area contributed by atoms with Crippen LogP contribution in [0.5, 0.6) is 0 Å². The Labute approximate surface area is 168 Å². The lowest BCUT2D eigenvalue weighted by molar-refractivity contribution is -0.146. The third-order valence-corrected chi connectivity index (χ3v) is 5.03. The second-order valence-electron chi connectivity index (χ2n) is 7.86. The predicted molar refractivity (Wildman–Crippen MR) is 109 cm³/mol. The molecule has 28 heavy (non-hydrogen) atoms. The van der Waals surface area contributed by atoms with Crippen molar-refractivity contribution in [3.8, 4) is 0 Å². The molecule has 2 amide bonds. The molecule has 8 heteroatoms. The fourth-order valence-electron chi connectivity index (χ4n) is 3.56. The number of amides is 2. The molecule has 8 nitrogen and oxygen atoms in total. The number of hydrogen-bond donors (Lipinski definition) is 3. The first kappa shape index (κ1) is 24.4. The number of unbranched alkanes of at least 4 members (excludes halogenated alkanes) is 1. The van der Waals surface area contributed by atoms with Crippen molar-refractivity contribution in [2.75, 3.05) is 26.7 Å². The minimum Gasteiger partial charge on any atom is -0.467 e. The van der Waals surface area contributed by atoms with Gasteiger partial charge in [-0.2, -0.15) is 0 Å². The van der Waals surface area contributed by atoms with Crippen LogP contribution in [-0.4, -0.2) is 67.6 Å². The average molecular weight is 399 g/mol. The SMILES string of the molecule is CCNCCCC[C@H](NC(=O)[C@@H]1CCCN1C(=O)[C@@H](N)CC(C)C)C(=O)OC. The van der Waals surface area contributed by atoms with E-state index in [1.807, 2.05) is 20.8 Å². The smallest absolute Gasteiger partial charge is 0.328 e.